The Morgan fingerprint density at radius 2 is 1.77 bits per heavy atom. The lowest BCUT2D eigenvalue weighted by atomic mass is 10.1. The number of esters is 1. The number of amides is 3. The number of carbonyl (C=O) groups is 3. The second kappa shape index (κ2) is 10.1. The highest BCUT2D eigenvalue weighted by Gasteiger charge is 2.24. The predicted octanol–water partition coefficient (Wildman–Crippen LogP) is 5.01. The Morgan fingerprint density at radius 1 is 1.03 bits per heavy atom. The Labute approximate surface area is 228 Å². The number of urea groups is 1. The first-order chi connectivity index (χ1) is 18.5. The van der Waals surface area contributed by atoms with Gasteiger partial charge < -0.3 is 20.7 Å². The number of fused-ring (bicyclic) bond motifs is 1. The Hall–Kier alpha value is -4.90. The molecule has 12 heteroatoms. The van der Waals surface area contributed by atoms with Gasteiger partial charge in [-0.2, -0.15) is 9.61 Å². The van der Waals surface area contributed by atoms with E-state index in [1.165, 1.54) is 12.3 Å². The lowest BCUT2D eigenvalue weighted by Crippen LogP contribution is -2.23. The maximum absolute atomic E-state index is 12.6. The minimum Gasteiger partial charge on any atom is -0.456 e. The molecule has 1 aliphatic rings. The monoisotopic (exact) mass is 545 g/mol. The molecule has 3 amide bonds. The summed E-state index contributed by atoms with van der Waals surface area (Å²) in [5.41, 5.74) is 2.03. The molecule has 39 heavy (non-hydrogen) atoms. The molecule has 11 nitrogen and oxygen atoms in total. The van der Waals surface area contributed by atoms with Crippen molar-refractivity contribution in [1.29, 1.82) is 0 Å². The first-order valence-corrected chi connectivity index (χ1v) is 12.3. The number of rotatable bonds is 6. The number of hydrogen-bond acceptors (Lipinski definition) is 8. The number of halogens is 1. The van der Waals surface area contributed by atoms with Crippen LogP contribution in [0, 0.1) is 0 Å². The van der Waals surface area contributed by atoms with E-state index in [1.54, 1.807) is 73.8 Å². The summed E-state index contributed by atoms with van der Waals surface area (Å²) in [5.74, 6) is -0.0323. The van der Waals surface area contributed by atoms with Gasteiger partial charge in [0.1, 0.15) is 22.9 Å². The number of hydrogen-bond donors (Lipinski definition) is 4. The molecule has 1 aliphatic heterocycles. The van der Waals surface area contributed by atoms with Crippen molar-refractivity contribution in [3.05, 3.63) is 82.6 Å². The van der Waals surface area contributed by atoms with Gasteiger partial charge in [0.05, 0.1) is 11.8 Å². The Bertz CT molecular complexity index is 1660. The van der Waals surface area contributed by atoms with E-state index in [1.807, 2.05) is 6.07 Å². The van der Waals surface area contributed by atoms with Crippen molar-refractivity contribution in [2.45, 2.75) is 26.4 Å². The first kappa shape index (κ1) is 25.7. The number of nitrogens with one attached hydrogen (secondary N) is 4. The quantitative estimate of drug-likeness (QED) is 0.151. The molecule has 0 aliphatic carbocycles. The molecular weight excluding hydrogens is 522 g/mol. The summed E-state index contributed by atoms with van der Waals surface area (Å²) in [7, 11) is 0. The molecule has 0 atom stereocenters. The van der Waals surface area contributed by atoms with E-state index in [0.29, 0.717) is 44.8 Å². The minimum absolute atomic E-state index is 0.0736. The number of ether oxygens (including phenoxy) is 1. The van der Waals surface area contributed by atoms with Crippen LogP contribution in [0.2, 0.25) is 5.02 Å². The molecule has 5 rings (SSSR count). The molecule has 3 heterocycles. The van der Waals surface area contributed by atoms with E-state index in [9.17, 15) is 14.4 Å². The lowest BCUT2D eigenvalue weighted by molar-refractivity contribution is -0.115. The van der Waals surface area contributed by atoms with Gasteiger partial charge >= 0.3 is 12.0 Å². The number of aromatic nitrogens is 3. The highest BCUT2D eigenvalue weighted by molar-refractivity contribution is 6.30. The molecule has 1 fully saturated rings. The molecule has 4 aromatic rings. The average Bonchev–Trinajstić information content (AvgIpc) is 3.40. The highest BCUT2D eigenvalue weighted by Crippen LogP contribution is 2.27. The minimum atomic E-state index is -0.631. The van der Waals surface area contributed by atoms with Crippen LogP contribution in [-0.2, 0) is 9.53 Å². The third kappa shape index (κ3) is 5.99. The van der Waals surface area contributed by atoms with E-state index >= 15 is 0 Å². The molecule has 1 saturated heterocycles. The fourth-order valence-electron chi connectivity index (χ4n) is 3.80. The van der Waals surface area contributed by atoms with Gasteiger partial charge in [0.25, 0.3) is 5.91 Å². The van der Waals surface area contributed by atoms with Crippen LogP contribution in [0.25, 0.3) is 11.7 Å². The predicted molar refractivity (Wildman–Crippen MR) is 147 cm³/mol. The topological polar surface area (TPSA) is 139 Å². The molecule has 2 aromatic heterocycles. The van der Waals surface area contributed by atoms with Crippen molar-refractivity contribution >= 4 is 64.2 Å². The van der Waals surface area contributed by atoms with Crippen molar-refractivity contribution in [2.24, 2.45) is 0 Å². The van der Waals surface area contributed by atoms with E-state index in [-0.39, 0.29) is 5.70 Å². The van der Waals surface area contributed by atoms with Crippen LogP contribution in [0.4, 0.5) is 27.8 Å². The number of carbonyl (C=O) groups excluding carboxylic acids is 3. The zero-order chi connectivity index (χ0) is 27.7. The third-order valence-corrected chi connectivity index (χ3v) is 5.62. The van der Waals surface area contributed by atoms with Gasteiger partial charge in [-0.15, -0.1) is 0 Å². The molecule has 0 spiro atoms. The second-order valence-corrected chi connectivity index (χ2v) is 10.1. The molecule has 2 aromatic carbocycles. The maximum Gasteiger partial charge on any atom is 0.338 e. The molecule has 0 radical (unpaired) electrons. The number of nitrogens with zero attached hydrogens (tertiary/aromatic N) is 3. The largest absolute Gasteiger partial charge is 0.456 e. The van der Waals surface area contributed by atoms with E-state index in [2.05, 4.69) is 31.3 Å². The fraction of sp³-hybridized carbons (Fsp3) is 0.148. The fourth-order valence-corrected chi connectivity index (χ4v) is 3.99. The second-order valence-electron chi connectivity index (χ2n) is 9.67. The smallest absolute Gasteiger partial charge is 0.338 e. The van der Waals surface area contributed by atoms with Crippen LogP contribution in [0.5, 0.6) is 0 Å². The van der Waals surface area contributed by atoms with Crippen LogP contribution in [0.15, 0.2) is 66.5 Å². The number of anilines is 4. The highest BCUT2D eigenvalue weighted by atomic mass is 35.5. The SMILES string of the molecule is CC(C)(C)OC(=O)c1cccc(Nc2cc(Nc3cccc(Cl)c3)nc3c(C=C4NC(=O)NC4=O)cnn23)c1. The van der Waals surface area contributed by atoms with Crippen LogP contribution in [0.3, 0.4) is 0 Å². The van der Waals surface area contributed by atoms with Crippen molar-refractivity contribution in [2.75, 3.05) is 10.6 Å². The molecule has 0 unspecified atom stereocenters. The molecule has 4 N–H and O–H groups in total. The summed E-state index contributed by atoms with van der Waals surface area (Å²) < 4.78 is 7.04. The van der Waals surface area contributed by atoms with Crippen molar-refractivity contribution in [3.8, 4) is 0 Å². The van der Waals surface area contributed by atoms with Gasteiger partial charge in [0.15, 0.2) is 5.65 Å². The molecular formula is C27H24ClN7O4. The van der Waals surface area contributed by atoms with Crippen molar-refractivity contribution in [1.82, 2.24) is 25.2 Å². The van der Waals surface area contributed by atoms with E-state index in [4.69, 9.17) is 16.3 Å². The van der Waals surface area contributed by atoms with Gasteiger partial charge in [-0.1, -0.05) is 23.7 Å². The Balaban J connectivity index is 1.55. The van der Waals surface area contributed by atoms with Crippen LogP contribution in [-0.4, -0.2) is 38.1 Å². The van der Waals surface area contributed by atoms with Crippen LogP contribution in [0.1, 0.15) is 36.7 Å². The summed E-state index contributed by atoms with van der Waals surface area (Å²) in [6.45, 7) is 5.42. The van der Waals surface area contributed by atoms with E-state index < -0.39 is 23.5 Å². The van der Waals surface area contributed by atoms with Crippen LogP contribution < -0.4 is 21.3 Å². The molecule has 0 bridgehead atoms. The van der Waals surface area contributed by atoms with E-state index in [0.717, 1.165) is 0 Å². The van der Waals surface area contributed by atoms with Crippen LogP contribution >= 0.6 is 11.6 Å². The summed E-state index contributed by atoms with van der Waals surface area (Å²) in [6.07, 6.45) is 3.02. The number of benzene rings is 2. The molecule has 198 valence electrons. The van der Waals surface area contributed by atoms with Crippen molar-refractivity contribution < 1.29 is 19.1 Å². The zero-order valence-corrected chi connectivity index (χ0v) is 22.0. The third-order valence-electron chi connectivity index (χ3n) is 5.39. The average molecular weight is 546 g/mol. The normalized spacial score (nSPS) is 14.3. The summed E-state index contributed by atoms with van der Waals surface area (Å²) in [4.78, 5) is 40.9. The maximum atomic E-state index is 12.6. The first-order valence-electron chi connectivity index (χ1n) is 11.9. The van der Waals surface area contributed by atoms with Gasteiger partial charge in [-0.3, -0.25) is 10.1 Å². The standard InChI is InChI=1S/C27H24ClN7O4/c1-27(2,3)39-25(37)15-6-4-8-18(10-15)31-22-13-21(30-19-9-5-7-17(28)12-19)33-23-16(14-29-35(22)23)11-20-24(36)34-26(38)32-20/h4-14,31H,1-3H3,(H,30,33)(H2,32,34,36,38). The zero-order valence-electron chi connectivity index (χ0n) is 21.2. The Morgan fingerprint density at radius 3 is 2.46 bits per heavy atom. The lowest BCUT2D eigenvalue weighted by Gasteiger charge is -2.19. The van der Waals surface area contributed by atoms with Gasteiger partial charge in [-0.05, 0) is 63.2 Å². The molecule has 0 saturated carbocycles. The van der Waals surface area contributed by atoms with Gasteiger partial charge in [-0.25, -0.2) is 14.6 Å². The summed E-state index contributed by atoms with van der Waals surface area (Å²) >= 11 is 6.15. The summed E-state index contributed by atoms with van der Waals surface area (Å²) in [5, 5.41) is 16.1. The van der Waals surface area contributed by atoms with Gasteiger partial charge in [0.2, 0.25) is 0 Å². The van der Waals surface area contributed by atoms with Crippen molar-refractivity contribution in [3.63, 3.8) is 0 Å². The Kier molecular flexibility index (Phi) is 6.67. The number of imide groups is 1. The van der Waals surface area contributed by atoms with Gasteiger partial charge in [0, 0.05) is 28.0 Å². The summed E-state index contributed by atoms with van der Waals surface area (Å²) in [6, 6.07) is 15.2.